The van der Waals surface area contributed by atoms with E-state index in [4.69, 9.17) is 9.47 Å². The Kier molecular flexibility index (Phi) is 5.80. The Morgan fingerprint density at radius 2 is 1.92 bits per heavy atom. The number of aromatic nitrogens is 1. The van der Waals surface area contributed by atoms with Crippen LogP contribution < -0.4 is 15.2 Å². The molecule has 1 saturated heterocycles. The van der Waals surface area contributed by atoms with Crippen LogP contribution in [0, 0.1) is 11.6 Å². The number of halogens is 2. The summed E-state index contributed by atoms with van der Waals surface area (Å²) in [5.74, 6) is -3.30. The molecule has 0 radical (unpaired) electrons. The number of morpholine rings is 1. The molecule has 0 spiro atoms. The Balaban J connectivity index is 1.70. The van der Waals surface area contributed by atoms with Crippen molar-refractivity contribution in [3.8, 4) is 5.75 Å². The third kappa shape index (κ3) is 3.56. The average molecular weight is 540 g/mol. The van der Waals surface area contributed by atoms with Crippen molar-refractivity contribution in [1.29, 1.82) is 0 Å². The van der Waals surface area contributed by atoms with Gasteiger partial charge in [0.25, 0.3) is 5.91 Å². The number of esters is 1. The lowest BCUT2D eigenvalue weighted by Gasteiger charge is -2.58. The summed E-state index contributed by atoms with van der Waals surface area (Å²) in [7, 11) is 0. The molecule has 6 rings (SSSR count). The van der Waals surface area contributed by atoms with Crippen molar-refractivity contribution in [2.24, 2.45) is 0 Å². The Bertz CT molecular complexity index is 1560. The molecule has 0 saturated carbocycles. The minimum atomic E-state index is -1.10. The van der Waals surface area contributed by atoms with E-state index in [1.165, 1.54) is 28.7 Å². The normalized spacial score (nSPS) is 22.1. The maximum atomic E-state index is 15.3. The van der Waals surface area contributed by atoms with Gasteiger partial charge in [0.2, 0.25) is 11.2 Å². The fraction of sp³-hybridized carbons (Fsp3) is 0.296. The Morgan fingerprint density at radius 3 is 2.71 bits per heavy atom. The fourth-order valence-electron chi connectivity index (χ4n) is 5.57. The number of hydrogen-bond donors (Lipinski definition) is 0. The minimum Gasteiger partial charge on any atom is -0.420 e. The van der Waals surface area contributed by atoms with Gasteiger partial charge in [-0.25, -0.2) is 8.78 Å². The van der Waals surface area contributed by atoms with E-state index in [0.29, 0.717) is 5.56 Å². The van der Waals surface area contributed by atoms with E-state index in [-0.39, 0.29) is 42.5 Å². The fourth-order valence-corrected chi connectivity index (χ4v) is 6.68. The molecule has 1 fully saturated rings. The summed E-state index contributed by atoms with van der Waals surface area (Å²) in [5.41, 5.74) is -0.307. The predicted octanol–water partition coefficient (Wildman–Crippen LogP) is 3.59. The first kappa shape index (κ1) is 24.6. The molecule has 38 heavy (non-hydrogen) atoms. The molecule has 0 bridgehead atoms. The van der Waals surface area contributed by atoms with E-state index < -0.39 is 40.6 Å². The monoisotopic (exact) mass is 539 g/mol. The molecule has 1 aromatic heterocycles. The van der Waals surface area contributed by atoms with Gasteiger partial charge in [-0.15, -0.1) is 11.8 Å². The SMILES string of the molecule is CC(=O)Oc1c2n(ccc1=O)N([C@@H]1c3ccccc3SCc3c1ccc(F)c3F)[C@]1(C)COCCN1C2=O. The average Bonchev–Trinajstić information content (AvgIpc) is 3.05. The lowest BCUT2D eigenvalue weighted by Crippen LogP contribution is -2.73. The summed E-state index contributed by atoms with van der Waals surface area (Å²) in [6.45, 7) is 3.57. The number of carbonyl (C=O) groups excluding carboxylic acids is 2. The summed E-state index contributed by atoms with van der Waals surface area (Å²) >= 11 is 1.39. The molecule has 3 aromatic rings. The Labute approximate surface area is 220 Å². The van der Waals surface area contributed by atoms with Crippen LogP contribution in [0.3, 0.4) is 0 Å². The predicted molar refractivity (Wildman–Crippen MR) is 135 cm³/mol. The number of carbonyl (C=O) groups is 2. The Hall–Kier alpha value is -3.70. The highest BCUT2D eigenvalue weighted by molar-refractivity contribution is 7.98. The van der Waals surface area contributed by atoms with Crippen molar-refractivity contribution >= 4 is 23.6 Å². The standard InChI is InChI=1S/C27H23F2N3O5S/c1-15(33)37-25-20(34)9-10-31-24(25)26(35)30-11-12-36-14-27(30,2)32(31)23-16-7-8-19(28)22(29)18(16)13-38-21-6-4-3-5-17(21)23/h3-10,23H,11-14H2,1-2H3/t23-,27+/m0/s1. The molecular weight excluding hydrogens is 516 g/mol. The van der Waals surface area contributed by atoms with Gasteiger partial charge in [0.05, 0.1) is 19.3 Å². The van der Waals surface area contributed by atoms with E-state index in [1.807, 2.05) is 36.2 Å². The highest BCUT2D eigenvalue weighted by Gasteiger charge is 2.53. The number of pyridine rings is 1. The molecule has 0 aliphatic carbocycles. The van der Waals surface area contributed by atoms with Gasteiger partial charge in [-0.2, -0.15) is 0 Å². The lowest BCUT2D eigenvalue weighted by molar-refractivity contribution is -0.132. The largest absolute Gasteiger partial charge is 0.420 e. The maximum Gasteiger partial charge on any atom is 0.308 e. The highest BCUT2D eigenvalue weighted by Crippen LogP contribution is 2.47. The third-order valence-electron chi connectivity index (χ3n) is 7.23. The first-order valence-electron chi connectivity index (χ1n) is 12.0. The molecule has 8 nitrogen and oxygen atoms in total. The van der Waals surface area contributed by atoms with Crippen molar-refractivity contribution in [2.45, 2.75) is 36.2 Å². The van der Waals surface area contributed by atoms with Crippen LogP contribution in [-0.2, 0) is 15.3 Å². The second-order valence-corrected chi connectivity index (χ2v) is 10.5. The number of thioether (sulfide) groups is 1. The number of hydrogen-bond acceptors (Lipinski definition) is 7. The van der Waals surface area contributed by atoms with Gasteiger partial charge in [-0.05, 0) is 30.2 Å². The van der Waals surface area contributed by atoms with E-state index in [9.17, 15) is 18.8 Å². The van der Waals surface area contributed by atoms with Gasteiger partial charge in [-0.1, -0.05) is 24.3 Å². The Morgan fingerprint density at radius 1 is 1.13 bits per heavy atom. The van der Waals surface area contributed by atoms with Crippen LogP contribution in [0.5, 0.6) is 5.75 Å². The van der Waals surface area contributed by atoms with Gasteiger partial charge in [0.1, 0.15) is 0 Å². The van der Waals surface area contributed by atoms with Crippen molar-refractivity contribution in [3.05, 3.63) is 92.9 Å². The lowest BCUT2D eigenvalue weighted by atomic mass is 9.91. The van der Waals surface area contributed by atoms with Crippen LogP contribution in [0.4, 0.5) is 8.78 Å². The number of nitrogens with zero attached hydrogens (tertiary/aromatic N) is 3. The van der Waals surface area contributed by atoms with E-state index in [2.05, 4.69) is 0 Å². The summed E-state index contributed by atoms with van der Waals surface area (Å²) in [5, 5.41) is 1.84. The first-order chi connectivity index (χ1) is 18.2. The quantitative estimate of drug-likeness (QED) is 0.461. The maximum absolute atomic E-state index is 15.3. The summed E-state index contributed by atoms with van der Waals surface area (Å²) in [4.78, 5) is 41.1. The van der Waals surface area contributed by atoms with Crippen LogP contribution in [0.2, 0.25) is 0 Å². The molecule has 0 unspecified atom stereocenters. The molecule has 0 N–H and O–H groups in total. The van der Waals surface area contributed by atoms with Crippen LogP contribution in [0.15, 0.2) is 58.4 Å². The van der Waals surface area contributed by atoms with E-state index in [0.717, 1.165) is 23.4 Å². The summed E-state index contributed by atoms with van der Waals surface area (Å²) < 4.78 is 42.3. The molecule has 3 aliphatic rings. The molecule has 4 heterocycles. The number of benzene rings is 2. The minimum absolute atomic E-state index is 0.109. The van der Waals surface area contributed by atoms with Gasteiger partial charge < -0.3 is 14.4 Å². The molecule has 11 heteroatoms. The van der Waals surface area contributed by atoms with Gasteiger partial charge in [-0.3, -0.25) is 24.1 Å². The molecule has 196 valence electrons. The zero-order valence-electron chi connectivity index (χ0n) is 20.6. The number of ether oxygens (including phenoxy) is 2. The first-order valence-corrected chi connectivity index (χ1v) is 13.0. The van der Waals surface area contributed by atoms with Gasteiger partial charge in [0.15, 0.2) is 23.0 Å². The van der Waals surface area contributed by atoms with Crippen molar-refractivity contribution < 1.29 is 27.8 Å². The molecule has 2 atom stereocenters. The number of rotatable bonds is 2. The molecule has 3 aliphatic heterocycles. The van der Waals surface area contributed by atoms with Crippen LogP contribution >= 0.6 is 11.8 Å². The second-order valence-electron chi connectivity index (χ2n) is 9.53. The summed E-state index contributed by atoms with van der Waals surface area (Å²) in [6.07, 6.45) is 1.44. The van der Waals surface area contributed by atoms with Gasteiger partial charge in [0, 0.05) is 41.9 Å². The van der Waals surface area contributed by atoms with Crippen LogP contribution in [-0.4, -0.2) is 46.9 Å². The van der Waals surface area contributed by atoms with E-state index in [1.54, 1.807) is 11.0 Å². The zero-order valence-corrected chi connectivity index (χ0v) is 21.4. The van der Waals surface area contributed by atoms with Crippen molar-refractivity contribution in [3.63, 3.8) is 0 Å². The third-order valence-corrected chi connectivity index (χ3v) is 8.34. The highest BCUT2D eigenvalue weighted by atomic mass is 32.2. The zero-order chi connectivity index (χ0) is 26.8. The number of amides is 1. The summed E-state index contributed by atoms with van der Waals surface area (Å²) in [6, 6.07) is 10.7. The van der Waals surface area contributed by atoms with Crippen LogP contribution in [0.1, 0.15) is 47.1 Å². The smallest absolute Gasteiger partial charge is 0.308 e. The van der Waals surface area contributed by atoms with Crippen molar-refractivity contribution in [2.75, 3.05) is 24.8 Å². The van der Waals surface area contributed by atoms with Crippen LogP contribution in [0.25, 0.3) is 0 Å². The molecule has 2 aromatic carbocycles. The van der Waals surface area contributed by atoms with E-state index >= 15 is 4.39 Å². The number of fused-ring (bicyclic) bond motifs is 4. The second kappa shape index (κ2) is 8.95. The van der Waals surface area contributed by atoms with Gasteiger partial charge >= 0.3 is 5.97 Å². The topological polar surface area (TPSA) is 81.1 Å². The molecular formula is C27H23F2N3O5S. The van der Waals surface area contributed by atoms with Crippen molar-refractivity contribution in [1.82, 2.24) is 9.58 Å². The molecule has 1 amide bonds.